The van der Waals surface area contributed by atoms with Crippen molar-refractivity contribution in [1.82, 2.24) is 19.9 Å². The Morgan fingerprint density at radius 3 is 1.50 bits per heavy atom. The van der Waals surface area contributed by atoms with Gasteiger partial charge in [0.25, 0.3) is 0 Å². The Morgan fingerprint density at radius 2 is 0.850 bits per heavy atom. The van der Waals surface area contributed by atoms with Crippen LogP contribution in [0, 0.1) is 0 Å². The summed E-state index contributed by atoms with van der Waals surface area (Å²) in [4.78, 5) is 20.1. The molecule has 0 aliphatic rings. The fourth-order valence-electron chi connectivity index (χ4n) is 8.40. The van der Waals surface area contributed by atoms with Gasteiger partial charge in [-0.1, -0.05) is 146 Å². The van der Waals surface area contributed by atoms with Gasteiger partial charge in [-0.15, -0.1) is 0 Å². The van der Waals surface area contributed by atoms with E-state index in [0.29, 0.717) is 11.6 Å². The minimum atomic E-state index is 0.602. The van der Waals surface area contributed by atoms with Crippen LogP contribution in [-0.2, 0) is 0 Å². The van der Waals surface area contributed by atoms with Crippen LogP contribution in [0.4, 0.5) is 0 Å². The van der Waals surface area contributed by atoms with Crippen LogP contribution >= 0.6 is 0 Å². The van der Waals surface area contributed by atoms with E-state index >= 15 is 0 Å². The predicted molar refractivity (Wildman–Crippen MR) is 242 cm³/mol. The molecule has 0 aliphatic carbocycles. The van der Waals surface area contributed by atoms with Crippen LogP contribution in [0.1, 0.15) is 0 Å². The van der Waals surface area contributed by atoms with Crippen molar-refractivity contribution < 1.29 is 8.83 Å². The van der Waals surface area contributed by atoms with E-state index in [1.807, 2.05) is 72.9 Å². The van der Waals surface area contributed by atoms with Gasteiger partial charge in [0.1, 0.15) is 22.3 Å². The standard InChI is InChI=1S/C54H32N4O2/c1-2-12-33(13-3-1)47-31-48(34-24-26-35(27-25-34)53-55-32-36-14-4-7-21-46(36)56-53)58-54(57-47)39-29-37(40-17-10-19-44-42-15-5-8-22-49(42)59-51(40)44)28-38(30-39)41-18-11-20-45-43-16-6-9-23-50(43)60-52(41)45/h1-32H. The normalized spacial score (nSPS) is 11.7. The zero-order valence-electron chi connectivity index (χ0n) is 32.1. The third kappa shape index (κ3) is 5.73. The van der Waals surface area contributed by atoms with Gasteiger partial charge < -0.3 is 8.83 Å². The largest absolute Gasteiger partial charge is 0.455 e. The number of furan rings is 2. The summed E-state index contributed by atoms with van der Waals surface area (Å²) in [5.74, 6) is 1.28. The first-order valence-corrected chi connectivity index (χ1v) is 19.9. The third-order valence-corrected chi connectivity index (χ3v) is 11.3. The highest BCUT2D eigenvalue weighted by molar-refractivity contribution is 6.11. The Morgan fingerprint density at radius 1 is 0.333 bits per heavy atom. The molecule has 0 unspecified atom stereocenters. The van der Waals surface area contributed by atoms with E-state index in [9.17, 15) is 0 Å². The van der Waals surface area contributed by atoms with Crippen LogP contribution in [-0.4, -0.2) is 19.9 Å². The highest BCUT2D eigenvalue weighted by Crippen LogP contribution is 2.42. The van der Waals surface area contributed by atoms with Crippen LogP contribution in [0.3, 0.4) is 0 Å². The highest BCUT2D eigenvalue weighted by Gasteiger charge is 2.19. The molecule has 4 aromatic heterocycles. The summed E-state index contributed by atoms with van der Waals surface area (Å²) in [5.41, 5.74) is 13.6. The minimum absolute atomic E-state index is 0.602. The van der Waals surface area contributed by atoms with Gasteiger partial charge >= 0.3 is 0 Å². The van der Waals surface area contributed by atoms with Crippen LogP contribution < -0.4 is 0 Å². The number of nitrogens with zero attached hydrogens (tertiary/aromatic N) is 4. The first kappa shape index (κ1) is 33.9. The van der Waals surface area contributed by atoms with E-state index in [2.05, 4.69) is 126 Å². The molecule has 12 rings (SSSR count). The molecule has 0 fully saturated rings. The van der Waals surface area contributed by atoms with Crippen LogP contribution in [0.5, 0.6) is 0 Å². The summed E-state index contributed by atoms with van der Waals surface area (Å²) >= 11 is 0. The maximum absolute atomic E-state index is 6.60. The third-order valence-electron chi connectivity index (χ3n) is 11.3. The molecule has 0 atom stereocenters. The van der Waals surface area contributed by atoms with Gasteiger partial charge in [0, 0.05) is 66.5 Å². The maximum Gasteiger partial charge on any atom is 0.160 e. The molecule has 0 aliphatic heterocycles. The van der Waals surface area contributed by atoms with Crippen molar-refractivity contribution in [2.24, 2.45) is 0 Å². The average molecular weight is 769 g/mol. The first-order valence-electron chi connectivity index (χ1n) is 19.9. The van der Waals surface area contributed by atoms with Crippen molar-refractivity contribution in [2.75, 3.05) is 0 Å². The molecule has 0 spiro atoms. The van der Waals surface area contributed by atoms with Crippen molar-refractivity contribution in [1.29, 1.82) is 0 Å². The lowest BCUT2D eigenvalue weighted by atomic mass is 9.93. The molecule has 8 aromatic carbocycles. The van der Waals surface area contributed by atoms with E-state index in [4.69, 9.17) is 23.8 Å². The van der Waals surface area contributed by atoms with Crippen LogP contribution in [0.15, 0.2) is 203 Å². The summed E-state index contributed by atoms with van der Waals surface area (Å²) < 4.78 is 13.2. The second kappa shape index (κ2) is 13.7. The Balaban J connectivity index is 1.06. The highest BCUT2D eigenvalue weighted by atomic mass is 16.3. The lowest BCUT2D eigenvalue weighted by molar-refractivity contribution is 0.670. The van der Waals surface area contributed by atoms with Gasteiger partial charge in [-0.3, -0.25) is 0 Å². The number of para-hydroxylation sites is 5. The van der Waals surface area contributed by atoms with Crippen LogP contribution in [0.25, 0.3) is 122 Å². The maximum atomic E-state index is 6.60. The first-order chi connectivity index (χ1) is 29.7. The van der Waals surface area contributed by atoms with Gasteiger partial charge in [-0.25, -0.2) is 19.9 Å². The molecule has 0 saturated heterocycles. The van der Waals surface area contributed by atoms with Crippen LogP contribution in [0.2, 0.25) is 0 Å². The summed E-state index contributed by atoms with van der Waals surface area (Å²) in [6.07, 6.45) is 1.88. The number of hydrogen-bond acceptors (Lipinski definition) is 6. The molecule has 0 amide bonds. The molecule has 60 heavy (non-hydrogen) atoms. The zero-order chi connectivity index (χ0) is 39.6. The second-order valence-electron chi connectivity index (χ2n) is 15.0. The summed E-state index contributed by atoms with van der Waals surface area (Å²) in [7, 11) is 0. The average Bonchev–Trinajstić information content (AvgIpc) is 3.90. The molecule has 12 aromatic rings. The Bertz CT molecular complexity index is 3480. The zero-order valence-corrected chi connectivity index (χ0v) is 32.1. The summed E-state index contributed by atoms with van der Waals surface area (Å²) in [6, 6.07) is 64.3. The number of rotatable bonds is 6. The minimum Gasteiger partial charge on any atom is -0.455 e. The number of fused-ring (bicyclic) bond motifs is 7. The molecule has 0 saturated carbocycles. The van der Waals surface area contributed by atoms with E-state index in [1.54, 1.807) is 0 Å². The molecular formula is C54H32N4O2. The molecule has 280 valence electrons. The van der Waals surface area contributed by atoms with E-state index < -0.39 is 0 Å². The summed E-state index contributed by atoms with van der Waals surface area (Å²) in [5, 5.41) is 5.31. The van der Waals surface area contributed by atoms with Crippen molar-refractivity contribution in [3.63, 3.8) is 0 Å². The van der Waals surface area contributed by atoms with Crippen molar-refractivity contribution >= 4 is 54.8 Å². The fraction of sp³-hybridized carbons (Fsp3) is 0. The Labute approximate surface area is 344 Å². The van der Waals surface area contributed by atoms with E-state index in [1.165, 1.54) is 0 Å². The molecule has 0 bridgehead atoms. The second-order valence-corrected chi connectivity index (χ2v) is 15.0. The van der Waals surface area contributed by atoms with Crippen molar-refractivity contribution in [3.8, 4) is 67.5 Å². The van der Waals surface area contributed by atoms with Gasteiger partial charge in [0.15, 0.2) is 11.6 Å². The van der Waals surface area contributed by atoms with Gasteiger partial charge in [-0.2, -0.15) is 0 Å². The number of aromatic nitrogens is 4. The van der Waals surface area contributed by atoms with E-state index in [-0.39, 0.29) is 0 Å². The van der Waals surface area contributed by atoms with Crippen molar-refractivity contribution in [2.45, 2.75) is 0 Å². The molecule has 6 nitrogen and oxygen atoms in total. The molecule has 4 heterocycles. The van der Waals surface area contributed by atoms with Gasteiger partial charge in [0.05, 0.1) is 16.9 Å². The fourth-order valence-corrected chi connectivity index (χ4v) is 8.40. The summed E-state index contributed by atoms with van der Waals surface area (Å²) in [6.45, 7) is 0. The Kier molecular flexibility index (Phi) is 7.74. The lowest BCUT2D eigenvalue weighted by Gasteiger charge is -2.13. The smallest absolute Gasteiger partial charge is 0.160 e. The molecule has 6 heteroatoms. The molecule has 0 N–H and O–H groups in total. The SMILES string of the molecule is c1ccc(-c2cc(-c3ccc(-c4ncc5ccccc5n4)cc3)nc(-c3cc(-c4cccc5c4oc4ccccc45)cc(-c4cccc5c4oc4ccccc45)c3)n2)cc1. The molecule has 0 radical (unpaired) electrons. The topological polar surface area (TPSA) is 77.8 Å². The Hall–Kier alpha value is -8.22. The quantitative estimate of drug-likeness (QED) is 0.168. The van der Waals surface area contributed by atoms with Gasteiger partial charge in [-0.05, 0) is 53.6 Å². The van der Waals surface area contributed by atoms with Crippen molar-refractivity contribution in [3.05, 3.63) is 194 Å². The number of hydrogen-bond donors (Lipinski definition) is 0. The lowest BCUT2D eigenvalue weighted by Crippen LogP contribution is -1.97. The van der Waals surface area contributed by atoms with E-state index in [0.717, 1.165) is 111 Å². The molecular weight excluding hydrogens is 737 g/mol. The number of benzene rings is 8. The monoisotopic (exact) mass is 768 g/mol. The van der Waals surface area contributed by atoms with Gasteiger partial charge in [0.2, 0.25) is 0 Å². The predicted octanol–water partition coefficient (Wildman–Crippen LogP) is 14.2.